The number of ether oxygens (including phenoxy) is 1. The molecule has 0 fully saturated rings. The molecule has 0 heterocycles. The Labute approximate surface area is 191 Å². The lowest BCUT2D eigenvalue weighted by molar-refractivity contribution is -0.115. The molecule has 0 aliphatic rings. The second-order valence-electron chi connectivity index (χ2n) is 7.24. The lowest BCUT2D eigenvalue weighted by atomic mass is 10.1. The Morgan fingerprint density at radius 1 is 0.818 bits per heavy atom. The maximum Gasteiger partial charge on any atom is 0.255 e. The molecule has 3 aromatic carbocycles. The van der Waals surface area contributed by atoms with Crippen LogP contribution in [0.1, 0.15) is 35.3 Å². The van der Waals surface area contributed by atoms with Crippen LogP contribution in [0.15, 0.2) is 66.7 Å². The molecule has 166 valence electrons. The standard InChI is InChI=1S/C25H22N4O4/c1-16(30)27-22-10-20(11-23(12-22)28-17(2)31)25(32)29-21-7-4-8-24(13-21)33-15-19-6-3-5-18(9-19)14-26/h3-13H,15H2,1-2H3,(H,27,30)(H,28,31)(H,29,32). The number of nitrogens with zero attached hydrogens (tertiary/aromatic N) is 1. The molecule has 0 aliphatic heterocycles. The van der Waals surface area contributed by atoms with Crippen molar-refractivity contribution < 1.29 is 19.1 Å². The lowest BCUT2D eigenvalue weighted by Crippen LogP contribution is -2.15. The van der Waals surface area contributed by atoms with Gasteiger partial charge in [-0.15, -0.1) is 0 Å². The van der Waals surface area contributed by atoms with Crippen LogP contribution >= 0.6 is 0 Å². The molecule has 3 aromatic rings. The van der Waals surface area contributed by atoms with Crippen LogP contribution in [0.3, 0.4) is 0 Å². The van der Waals surface area contributed by atoms with Crippen molar-refractivity contribution in [3.8, 4) is 11.8 Å². The van der Waals surface area contributed by atoms with E-state index < -0.39 is 5.91 Å². The van der Waals surface area contributed by atoms with Crippen molar-refractivity contribution in [2.75, 3.05) is 16.0 Å². The van der Waals surface area contributed by atoms with Crippen molar-refractivity contribution in [3.63, 3.8) is 0 Å². The van der Waals surface area contributed by atoms with Gasteiger partial charge < -0.3 is 20.7 Å². The summed E-state index contributed by atoms with van der Waals surface area (Å²) in [5, 5.41) is 17.0. The van der Waals surface area contributed by atoms with E-state index in [0.717, 1.165) is 5.56 Å². The van der Waals surface area contributed by atoms with Crippen LogP contribution in [0.4, 0.5) is 17.1 Å². The number of benzene rings is 3. The monoisotopic (exact) mass is 442 g/mol. The van der Waals surface area contributed by atoms with E-state index in [-0.39, 0.29) is 24.0 Å². The fourth-order valence-corrected chi connectivity index (χ4v) is 3.07. The summed E-state index contributed by atoms with van der Waals surface area (Å²) in [5.74, 6) is -0.480. The fourth-order valence-electron chi connectivity index (χ4n) is 3.07. The first kappa shape index (κ1) is 23.0. The van der Waals surface area contributed by atoms with E-state index in [1.807, 2.05) is 6.07 Å². The molecule has 0 saturated carbocycles. The number of rotatable bonds is 7. The number of carbonyl (C=O) groups excluding carboxylic acids is 3. The minimum atomic E-state index is -0.423. The van der Waals surface area contributed by atoms with Crippen LogP contribution in [0.5, 0.6) is 5.75 Å². The third kappa shape index (κ3) is 6.94. The van der Waals surface area contributed by atoms with Gasteiger partial charge in [0, 0.05) is 42.5 Å². The van der Waals surface area contributed by atoms with Crippen molar-refractivity contribution in [2.45, 2.75) is 20.5 Å². The molecule has 3 N–H and O–H groups in total. The van der Waals surface area contributed by atoms with Crippen LogP contribution in [0.2, 0.25) is 0 Å². The van der Waals surface area contributed by atoms with Gasteiger partial charge in [0.2, 0.25) is 11.8 Å². The first-order valence-electron chi connectivity index (χ1n) is 10.1. The van der Waals surface area contributed by atoms with Crippen LogP contribution in [-0.4, -0.2) is 17.7 Å². The summed E-state index contributed by atoms with van der Waals surface area (Å²) in [6.45, 7) is 2.98. The van der Waals surface area contributed by atoms with Crippen molar-refractivity contribution in [3.05, 3.63) is 83.4 Å². The van der Waals surface area contributed by atoms with Crippen LogP contribution in [-0.2, 0) is 16.2 Å². The Morgan fingerprint density at radius 2 is 1.48 bits per heavy atom. The number of anilines is 3. The van der Waals surface area contributed by atoms with E-state index >= 15 is 0 Å². The lowest BCUT2D eigenvalue weighted by Gasteiger charge is -2.12. The SMILES string of the molecule is CC(=O)Nc1cc(NC(C)=O)cc(C(=O)Nc2cccc(OCc3cccc(C#N)c3)c2)c1. The Balaban J connectivity index is 1.74. The van der Waals surface area contributed by atoms with E-state index in [0.29, 0.717) is 28.4 Å². The number of hydrogen-bond donors (Lipinski definition) is 3. The third-order valence-electron chi connectivity index (χ3n) is 4.39. The van der Waals surface area contributed by atoms with Gasteiger partial charge in [-0.05, 0) is 48.0 Å². The number of amides is 3. The predicted octanol–water partition coefficient (Wildman–Crippen LogP) is 4.31. The zero-order valence-electron chi connectivity index (χ0n) is 18.1. The van der Waals surface area contributed by atoms with Crippen LogP contribution < -0.4 is 20.7 Å². The highest BCUT2D eigenvalue weighted by Crippen LogP contribution is 2.23. The van der Waals surface area contributed by atoms with Crippen molar-refractivity contribution in [1.82, 2.24) is 0 Å². The van der Waals surface area contributed by atoms with Crippen molar-refractivity contribution in [1.29, 1.82) is 5.26 Å². The summed E-state index contributed by atoms with van der Waals surface area (Å²) in [4.78, 5) is 35.7. The number of hydrogen-bond acceptors (Lipinski definition) is 5. The molecule has 33 heavy (non-hydrogen) atoms. The maximum absolute atomic E-state index is 12.8. The largest absolute Gasteiger partial charge is 0.489 e. The first-order chi connectivity index (χ1) is 15.8. The Bertz CT molecular complexity index is 1210. The van der Waals surface area contributed by atoms with Gasteiger partial charge in [0.05, 0.1) is 11.6 Å². The topological polar surface area (TPSA) is 120 Å². The second-order valence-corrected chi connectivity index (χ2v) is 7.24. The molecule has 8 nitrogen and oxygen atoms in total. The van der Waals surface area contributed by atoms with Gasteiger partial charge in [-0.2, -0.15) is 5.26 Å². The maximum atomic E-state index is 12.8. The highest BCUT2D eigenvalue weighted by atomic mass is 16.5. The van der Waals surface area contributed by atoms with E-state index in [4.69, 9.17) is 10.00 Å². The molecule has 0 spiro atoms. The van der Waals surface area contributed by atoms with Gasteiger partial charge in [-0.1, -0.05) is 18.2 Å². The second kappa shape index (κ2) is 10.6. The third-order valence-corrected chi connectivity index (χ3v) is 4.39. The quantitative estimate of drug-likeness (QED) is 0.504. The van der Waals surface area contributed by atoms with Gasteiger partial charge in [0.1, 0.15) is 12.4 Å². The Hall–Kier alpha value is -4.64. The van der Waals surface area contributed by atoms with Crippen molar-refractivity contribution in [2.24, 2.45) is 0 Å². The van der Waals surface area contributed by atoms with Gasteiger partial charge in [-0.25, -0.2) is 0 Å². The molecule has 8 heteroatoms. The summed E-state index contributed by atoms with van der Waals surface area (Å²) in [6.07, 6.45) is 0. The zero-order chi connectivity index (χ0) is 23.8. The molecule has 0 atom stereocenters. The molecule has 0 bridgehead atoms. The van der Waals surface area contributed by atoms with Gasteiger partial charge >= 0.3 is 0 Å². The summed E-state index contributed by atoms with van der Waals surface area (Å²) >= 11 is 0. The number of nitrogens with one attached hydrogen (secondary N) is 3. The van der Waals surface area contributed by atoms with Gasteiger partial charge in [0.25, 0.3) is 5.91 Å². The Kier molecular flexibility index (Phi) is 7.39. The summed E-state index contributed by atoms with van der Waals surface area (Å²) in [6, 6.07) is 20.7. The first-order valence-corrected chi connectivity index (χ1v) is 10.1. The highest BCUT2D eigenvalue weighted by molar-refractivity contribution is 6.06. The normalized spacial score (nSPS) is 9.97. The molecule has 0 unspecified atom stereocenters. The van der Waals surface area contributed by atoms with Gasteiger partial charge in [0.15, 0.2) is 0 Å². The molecule has 0 saturated heterocycles. The summed E-state index contributed by atoms with van der Waals surface area (Å²) < 4.78 is 5.79. The molecule has 3 rings (SSSR count). The molecule has 3 amide bonds. The Morgan fingerprint density at radius 3 is 2.12 bits per heavy atom. The summed E-state index contributed by atoms with van der Waals surface area (Å²) in [7, 11) is 0. The molecule has 0 aliphatic carbocycles. The number of carbonyl (C=O) groups is 3. The average molecular weight is 442 g/mol. The molecule has 0 radical (unpaired) electrons. The number of nitriles is 1. The van der Waals surface area contributed by atoms with Crippen LogP contribution in [0.25, 0.3) is 0 Å². The molecular formula is C25H22N4O4. The minimum absolute atomic E-state index is 0.254. The fraction of sp³-hybridized carbons (Fsp3) is 0.120. The minimum Gasteiger partial charge on any atom is -0.489 e. The summed E-state index contributed by atoms with van der Waals surface area (Å²) in [5.41, 5.74) is 2.94. The van der Waals surface area contributed by atoms with Crippen molar-refractivity contribution >= 4 is 34.8 Å². The van der Waals surface area contributed by atoms with Crippen LogP contribution in [0, 0.1) is 11.3 Å². The highest BCUT2D eigenvalue weighted by Gasteiger charge is 2.12. The van der Waals surface area contributed by atoms with E-state index in [9.17, 15) is 14.4 Å². The molecular weight excluding hydrogens is 420 g/mol. The van der Waals surface area contributed by atoms with E-state index in [1.165, 1.54) is 26.0 Å². The van der Waals surface area contributed by atoms with E-state index in [2.05, 4.69) is 22.0 Å². The zero-order valence-corrected chi connectivity index (χ0v) is 18.1. The van der Waals surface area contributed by atoms with E-state index in [1.54, 1.807) is 48.5 Å². The van der Waals surface area contributed by atoms with Gasteiger partial charge in [-0.3, -0.25) is 14.4 Å². The smallest absolute Gasteiger partial charge is 0.255 e. The average Bonchev–Trinajstić information content (AvgIpc) is 2.77. The predicted molar refractivity (Wildman–Crippen MR) is 125 cm³/mol. The molecule has 0 aromatic heterocycles.